The molecule has 174 valence electrons. The summed E-state index contributed by atoms with van der Waals surface area (Å²) in [4.78, 5) is 21.4. The van der Waals surface area contributed by atoms with Crippen LogP contribution in [0.1, 0.15) is 36.9 Å². The van der Waals surface area contributed by atoms with Crippen molar-refractivity contribution in [2.24, 2.45) is 10.9 Å². The number of morpholine rings is 1. The Hall–Kier alpha value is -1.39. The Morgan fingerprint density at radius 2 is 2.10 bits per heavy atom. The lowest BCUT2D eigenvalue weighted by Crippen LogP contribution is -2.50. The quantitative estimate of drug-likeness (QED) is 0.257. The molecule has 2 aliphatic heterocycles. The van der Waals surface area contributed by atoms with Crippen molar-refractivity contribution in [2.45, 2.75) is 32.7 Å². The Morgan fingerprint density at radius 3 is 2.77 bits per heavy atom. The number of nitrogens with one attached hydrogen (secondary N) is 1. The third-order valence-electron chi connectivity index (χ3n) is 5.92. The number of benzene rings is 1. The fraction of sp³-hybridized carbons (Fsp3) is 0.652. The lowest BCUT2D eigenvalue weighted by molar-refractivity contribution is -0.149. The average molecular weight is 544 g/mol. The van der Waals surface area contributed by atoms with Crippen molar-refractivity contribution in [2.75, 3.05) is 59.6 Å². The summed E-state index contributed by atoms with van der Waals surface area (Å²) >= 11 is 0. The molecule has 2 unspecified atom stereocenters. The Kier molecular flexibility index (Phi) is 11.0. The van der Waals surface area contributed by atoms with Gasteiger partial charge in [-0.25, -0.2) is 0 Å². The van der Waals surface area contributed by atoms with Crippen LogP contribution in [0.3, 0.4) is 0 Å². The zero-order valence-electron chi connectivity index (χ0n) is 19.0. The zero-order chi connectivity index (χ0) is 21.3. The average Bonchev–Trinajstić information content (AvgIpc) is 2.78. The number of likely N-dealkylation sites (tertiary alicyclic amines) is 1. The Bertz CT molecular complexity index is 725. The van der Waals surface area contributed by atoms with Crippen LogP contribution in [0.4, 0.5) is 0 Å². The third kappa shape index (κ3) is 7.32. The number of piperidine rings is 1. The van der Waals surface area contributed by atoms with Crippen molar-refractivity contribution in [3.05, 3.63) is 35.4 Å². The van der Waals surface area contributed by atoms with Crippen molar-refractivity contribution in [3.63, 3.8) is 0 Å². The molecule has 2 aliphatic rings. The molecular weight excluding hydrogens is 507 g/mol. The predicted molar refractivity (Wildman–Crippen MR) is 134 cm³/mol. The van der Waals surface area contributed by atoms with E-state index in [4.69, 9.17) is 9.47 Å². The van der Waals surface area contributed by atoms with Crippen molar-refractivity contribution in [3.8, 4) is 0 Å². The van der Waals surface area contributed by atoms with E-state index in [-0.39, 0.29) is 41.9 Å². The summed E-state index contributed by atoms with van der Waals surface area (Å²) in [5, 5.41) is 3.59. The molecular formula is C23H37IN4O3. The van der Waals surface area contributed by atoms with Gasteiger partial charge in [0.2, 0.25) is 0 Å². The normalized spacial score (nSPS) is 21.2. The minimum Gasteiger partial charge on any atom is -0.466 e. The molecule has 0 bridgehead atoms. The van der Waals surface area contributed by atoms with Crippen LogP contribution in [-0.4, -0.2) is 81.3 Å². The van der Waals surface area contributed by atoms with Gasteiger partial charge >= 0.3 is 5.97 Å². The summed E-state index contributed by atoms with van der Waals surface area (Å²) < 4.78 is 10.8. The number of hydrogen-bond acceptors (Lipinski definition) is 5. The molecule has 0 amide bonds. The highest BCUT2D eigenvalue weighted by Crippen LogP contribution is 2.23. The van der Waals surface area contributed by atoms with E-state index < -0.39 is 0 Å². The molecule has 8 heteroatoms. The van der Waals surface area contributed by atoms with Crippen LogP contribution in [0.15, 0.2) is 29.3 Å². The van der Waals surface area contributed by atoms with Crippen LogP contribution < -0.4 is 5.32 Å². The van der Waals surface area contributed by atoms with Crippen LogP contribution in [0.2, 0.25) is 0 Å². The SMILES string of the molecule is CCOC(=O)C1CCCN(C(=NC)NCC(c2cccc(C)c2)N2CCOCC2)C1.I. The molecule has 0 aromatic heterocycles. The van der Waals surface area contributed by atoms with Gasteiger partial charge in [0.05, 0.1) is 31.8 Å². The number of aliphatic imine (C=N–C) groups is 1. The van der Waals surface area contributed by atoms with E-state index in [0.717, 1.165) is 58.2 Å². The summed E-state index contributed by atoms with van der Waals surface area (Å²) in [6, 6.07) is 8.98. The van der Waals surface area contributed by atoms with Gasteiger partial charge in [-0.05, 0) is 32.3 Å². The van der Waals surface area contributed by atoms with Crippen LogP contribution in [0, 0.1) is 12.8 Å². The number of esters is 1. The van der Waals surface area contributed by atoms with Gasteiger partial charge in [-0.3, -0.25) is 14.7 Å². The van der Waals surface area contributed by atoms with E-state index in [9.17, 15) is 4.79 Å². The van der Waals surface area contributed by atoms with E-state index in [1.54, 1.807) is 0 Å². The standard InChI is InChI=1S/C23H36N4O3.HI/c1-4-30-22(28)20-9-6-10-27(17-20)23(24-3)25-16-21(26-11-13-29-14-12-26)19-8-5-7-18(2)15-19;/h5,7-8,15,20-21H,4,6,9-14,16-17H2,1-3H3,(H,24,25);1H. The Labute approximate surface area is 203 Å². The Balaban J connectivity index is 0.00000341. The van der Waals surface area contributed by atoms with Crippen LogP contribution >= 0.6 is 24.0 Å². The molecule has 1 aromatic rings. The second-order valence-electron chi connectivity index (χ2n) is 8.04. The second kappa shape index (κ2) is 13.2. The van der Waals surface area contributed by atoms with E-state index >= 15 is 0 Å². The molecule has 0 aliphatic carbocycles. The number of carbonyl (C=O) groups is 1. The minimum atomic E-state index is -0.0939. The van der Waals surface area contributed by atoms with Crippen molar-refractivity contribution in [1.29, 1.82) is 0 Å². The van der Waals surface area contributed by atoms with Gasteiger partial charge in [0, 0.05) is 39.8 Å². The van der Waals surface area contributed by atoms with Gasteiger partial charge in [-0.1, -0.05) is 29.8 Å². The highest BCUT2D eigenvalue weighted by molar-refractivity contribution is 14.0. The van der Waals surface area contributed by atoms with E-state index in [1.807, 2.05) is 14.0 Å². The maximum Gasteiger partial charge on any atom is 0.310 e. The number of carbonyl (C=O) groups excluding carboxylic acids is 1. The molecule has 3 rings (SSSR count). The van der Waals surface area contributed by atoms with Crippen molar-refractivity contribution >= 4 is 35.9 Å². The van der Waals surface area contributed by atoms with Crippen LogP contribution in [-0.2, 0) is 14.3 Å². The second-order valence-corrected chi connectivity index (χ2v) is 8.04. The van der Waals surface area contributed by atoms with Gasteiger partial charge in [0.25, 0.3) is 0 Å². The van der Waals surface area contributed by atoms with Crippen molar-refractivity contribution in [1.82, 2.24) is 15.1 Å². The first-order valence-corrected chi connectivity index (χ1v) is 11.1. The summed E-state index contributed by atoms with van der Waals surface area (Å²) in [5.74, 6) is 0.683. The lowest BCUT2D eigenvalue weighted by atomic mass is 9.98. The Morgan fingerprint density at radius 1 is 1.32 bits per heavy atom. The predicted octanol–water partition coefficient (Wildman–Crippen LogP) is 2.84. The molecule has 31 heavy (non-hydrogen) atoms. The smallest absolute Gasteiger partial charge is 0.310 e. The van der Waals surface area contributed by atoms with E-state index in [1.165, 1.54) is 11.1 Å². The number of nitrogens with zero attached hydrogens (tertiary/aromatic N) is 3. The van der Waals surface area contributed by atoms with Gasteiger partial charge in [-0.2, -0.15) is 0 Å². The summed E-state index contributed by atoms with van der Waals surface area (Å²) in [5.41, 5.74) is 2.58. The van der Waals surface area contributed by atoms with Gasteiger partial charge < -0.3 is 19.7 Å². The minimum absolute atomic E-state index is 0. The highest BCUT2D eigenvalue weighted by atomic mass is 127. The number of guanidine groups is 1. The fourth-order valence-electron chi connectivity index (χ4n) is 4.37. The largest absolute Gasteiger partial charge is 0.466 e. The first-order chi connectivity index (χ1) is 14.6. The maximum atomic E-state index is 12.2. The summed E-state index contributed by atoms with van der Waals surface area (Å²) in [7, 11) is 1.81. The fourth-order valence-corrected chi connectivity index (χ4v) is 4.37. The van der Waals surface area contributed by atoms with E-state index in [0.29, 0.717) is 13.2 Å². The number of hydrogen-bond donors (Lipinski definition) is 1. The number of aryl methyl sites for hydroxylation is 1. The molecule has 0 spiro atoms. The lowest BCUT2D eigenvalue weighted by Gasteiger charge is -2.37. The summed E-state index contributed by atoms with van der Waals surface area (Å²) in [6.07, 6.45) is 1.85. The van der Waals surface area contributed by atoms with E-state index in [2.05, 4.69) is 51.3 Å². The van der Waals surface area contributed by atoms with Crippen LogP contribution in [0.25, 0.3) is 0 Å². The zero-order valence-corrected chi connectivity index (χ0v) is 21.3. The molecule has 2 heterocycles. The van der Waals surface area contributed by atoms with Gasteiger partial charge in [-0.15, -0.1) is 24.0 Å². The molecule has 1 aromatic carbocycles. The topological polar surface area (TPSA) is 66.4 Å². The maximum absolute atomic E-state index is 12.2. The molecule has 1 N–H and O–H groups in total. The number of halogens is 1. The molecule has 2 fully saturated rings. The molecule has 0 radical (unpaired) electrons. The van der Waals surface area contributed by atoms with Gasteiger partial charge in [0.1, 0.15) is 0 Å². The number of ether oxygens (including phenoxy) is 2. The third-order valence-corrected chi connectivity index (χ3v) is 5.92. The number of rotatable bonds is 6. The summed E-state index contributed by atoms with van der Waals surface area (Å²) in [6.45, 7) is 10.1. The van der Waals surface area contributed by atoms with Crippen LogP contribution in [0.5, 0.6) is 0 Å². The first kappa shape index (κ1) is 25.9. The monoisotopic (exact) mass is 544 g/mol. The molecule has 2 saturated heterocycles. The highest BCUT2D eigenvalue weighted by Gasteiger charge is 2.29. The molecule has 7 nitrogen and oxygen atoms in total. The van der Waals surface area contributed by atoms with Gasteiger partial charge in [0.15, 0.2) is 5.96 Å². The van der Waals surface area contributed by atoms with Crippen molar-refractivity contribution < 1.29 is 14.3 Å². The molecule has 0 saturated carbocycles. The molecule has 2 atom stereocenters. The first-order valence-electron chi connectivity index (χ1n) is 11.1.